The molecule has 0 spiro atoms. The van der Waals surface area contributed by atoms with Crippen LogP contribution in [0.15, 0.2) is 54.6 Å². The largest absolute Gasteiger partial charge is 0.439 e. The first-order chi connectivity index (χ1) is 9.72. The van der Waals surface area contributed by atoms with Crippen LogP contribution in [0.2, 0.25) is 0 Å². The van der Waals surface area contributed by atoms with E-state index >= 15 is 0 Å². The van der Waals surface area contributed by atoms with Gasteiger partial charge in [0.25, 0.3) is 0 Å². The van der Waals surface area contributed by atoms with E-state index in [1.54, 1.807) is 4.90 Å². The van der Waals surface area contributed by atoms with Gasteiger partial charge in [0.2, 0.25) is 0 Å². The Kier molecular flexibility index (Phi) is 3.91. The number of ether oxygens (including phenoxy) is 1. The van der Waals surface area contributed by atoms with Gasteiger partial charge in [0, 0.05) is 10.1 Å². The Morgan fingerprint density at radius 3 is 2.50 bits per heavy atom. The topological polar surface area (TPSA) is 29.5 Å². The van der Waals surface area contributed by atoms with Gasteiger partial charge in [-0.2, -0.15) is 0 Å². The quantitative estimate of drug-likeness (QED) is 0.755. The van der Waals surface area contributed by atoms with E-state index < -0.39 is 0 Å². The Balaban J connectivity index is 1.70. The summed E-state index contributed by atoms with van der Waals surface area (Å²) in [5.41, 5.74) is 2.17. The number of benzene rings is 2. The van der Waals surface area contributed by atoms with Gasteiger partial charge in [-0.05, 0) is 45.9 Å². The molecule has 1 heterocycles. The van der Waals surface area contributed by atoms with Crippen LogP contribution >= 0.6 is 22.6 Å². The number of hydrogen-bond donors (Lipinski definition) is 0. The summed E-state index contributed by atoms with van der Waals surface area (Å²) in [6.45, 7) is 1.20. The fourth-order valence-electron chi connectivity index (χ4n) is 2.29. The van der Waals surface area contributed by atoms with E-state index in [1.165, 1.54) is 3.57 Å². The minimum atomic E-state index is -0.239. The SMILES string of the molecule is O=C1OC(c2ccccc2)CN1Cc1ccc(I)cc1. The Bertz CT molecular complexity index is 598. The summed E-state index contributed by atoms with van der Waals surface area (Å²) in [6, 6.07) is 18.1. The Morgan fingerprint density at radius 2 is 1.80 bits per heavy atom. The smallest absolute Gasteiger partial charge is 0.410 e. The normalized spacial score (nSPS) is 18.1. The zero-order chi connectivity index (χ0) is 13.9. The minimum absolute atomic E-state index is 0.160. The Labute approximate surface area is 131 Å². The van der Waals surface area contributed by atoms with Crippen molar-refractivity contribution in [3.05, 3.63) is 69.3 Å². The average molecular weight is 379 g/mol. The van der Waals surface area contributed by atoms with Gasteiger partial charge in [-0.15, -0.1) is 0 Å². The molecule has 20 heavy (non-hydrogen) atoms. The van der Waals surface area contributed by atoms with Crippen molar-refractivity contribution in [3.8, 4) is 0 Å². The molecule has 102 valence electrons. The Morgan fingerprint density at radius 1 is 1.10 bits per heavy atom. The maximum atomic E-state index is 11.9. The zero-order valence-electron chi connectivity index (χ0n) is 10.8. The number of hydrogen-bond acceptors (Lipinski definition) is 2. The molecule has 4 heteroatoms. The van der Waals surface area contributed by atoms with Crippen LogP contribution in [-0.2, 0) is 11.3 Å². The highest BCUT2D eigenvalue weighted by Gasteiger charge is 2.31. The number of rotatable bonds is 3. The van der Waals surface area contributed by atoms with Crippen LogP contribution < -0.4 is 0 Å². The highest BCUT2D eigenvalue weighted by molar-refractivity contribution is 14.1. The molecule has 1 saturated heterocycles. The first-order valence-electron chi connectivity index (χ1n) is 6.47. The Hall–Kier alpha value is -1.56. The molecule has 0 aromatic heterocycles. The van der Waals surface area contributed by atoms with Crippen LogP contribution in [0, 0.1) is 3.57 Å². The maximum absolute atomic E-state index is 11.9. The van der Waals surface area contributed by atoms with Gasteiger partial charge in [-0.1, -0.05) is 42.5 Å². The number of halogens is 1. The molecule has 1 aliphatic rings. The highest BCUT2D eigenvalue weighted by Crippen LogP contribution is 2.27. The summed E-state index contributed by atoms with van der Waals surface area (Å²) >= 11 is 2.27. The second kappa shape index (κ2) is 5.83. The second-order valence-electron chi connectivity index (χ2n) is 4.79. The summed E-state index contributed by atoms with van der Waals surface area (Å²) in [5.74, 6) is 0. The van der Waals surface area contributed by atoms with E-state index in [0.29, 0.717) is 13.1 Å². The molecule has 1 aliphatic heterocycles. The van der Waals surface area contributed by atoms with Crippen LogP contribution in [0.4, 0.5) is 4.79 Å². The molecule has 1 unspecified atom stereocenters. The van der Waals surface area contributed by atoms with Gasteiger partial charge in [0.05, 0.1) is 6.54 Å². The molecule has 0 N–H and O–H groups in total. The van der Waals surface area contributed by atoms with E-state index in [-0.39, 0.29) is 12.2 Å². The van der Waals surface area contributed by atoms with Gasteiger partial charge in [-0.25, -0.2) is 4.79 Å². The molecule has 0 aliphatic carbocycles. The molecule has 1 fully saturated rings. The first kappa shape index (κ1) is 13.4. The number of amides is 1. The van der Waals surface area contributed by atoms with Gasteiger partial charge < -0.3 is 4.74 Å². The first-order valence-corrected chi connectivity index (χ1v) is 7.55. The molecule has 0 radical (unpaired) electrons. The number of carbonyl (C=O) groups excluding carboxylic acids is 1. The van der Waals surface area contributed by atoms with Crippen molar-refractivity contribution in [2.24, 2.45) is 0 Å². The fourth-order valence-corrected chi connectivity index (χ4v) is 2.65. The standard InChI is InChI=1S/C16H14INO2/c17-14-8-6-12(7-9-14)10-18-11-15(20-16(18)19)13-4-2-1-3-5-13/h1-9,15H,10-11H2. The van der Waals surface area contributed by atoms with Gasteiger partial charge >= 0.3 is 6.09 Å². The second-order valence-corrected chi connectivity index (χ2v) is 6.04. The molecular formula is C16H14INO2. The predicted octanol–water partition coefficient (Wildman–Crippen LogP) is 3.98. The van der Waals surface area contributed by atoms with Crippen LogP contribution in [0.3, 0.4) is 0 Å². The molecule has 1 amide bonds. The lowest BCUT2D eigenvalue weighted by atomic mass is 10.1. The third kappa shape index (κ3) is 2.95. The molecule has 2 aromatic carbocycles. The van der Waals surface area contributed by atoms with Crippen LogP contribution in [0.25, 0.3) is 0 Å². The van der Waals surface area contributed by atoms with Crippen LogP contribution in [0.5, 0.6) is 0 Å². The summed E-state index contributed by atoms with van der Waals surface area (Å²) in [6.07, 6.45) is -0.398. The lowest BCUT2D eigenvalue weighted by molar-refractivity contribution is 0.132. The lowest BCUT2D eigenvalue weighted by Gasteiger charge is -2.13. The van der Waals surface area contributed by atoms with Crippen molar-refractivity contribution in [1.82, 2.24) is 4.90 Å². The van der Waals surface area contributed by atoms with Crippen molar-refractivity contribution in [1.29, 1.82) is 0 Å². The molecule has 3 rings (SSSR count). The third-order valence-corrected chi connectivity index (χ3v) is 4.06. The van der Waals surface area contributed by atoms with E-state index in [2.05, 4.69) is 22.6 Å². The maximum Gasteiger partial charge on any atom is 0.410 e. The summed E-state index contributed by atoms with van der Waals surface area (Å²) in [5, 5.41) is 0. The van der Waals surface area contributed by atoms with E-state index in [9.17, 15) is 4.79 Å². The van der Waals surface area contributed by atoms with Crippen molar-refractivity contribution in [2.45, 2.75) is 12.6 Å². The summed E-state index contributed by atoms with van der Waals surface area (Å²) in [4.78, 5) is 13.7. The lowest BCUT2D eigenvalue weighted by Crippen LogP contribution is -2.23. The molecule has 0 bridgehead atoms. The zero-order valence-corrected chi connectivity index (χ0v) is 13.0. The third-order valence-electron chi connectivity index (χ3n) is 3.35. The van der Waals surface area contributed by atoms with Gasteiger partial charge in [0.15, 0.2) is 0 Å². The monoisotopic (exact) mass is 379 g/mol. The van der Waals surface area contributed by atoms with E-state index in [1.807, 2.05) is 54.6 Å². The van der Waals surface area contributed by atoms with Crippen molar-refractivity contribution in [3.63, 3.8) is 0 Å². The predicted molar refractivity (Wildman–Crippen MR) is 85.2 cm³/mol. The number of nitrogens with zero attached hydrogens (tertiary/aromatic N) is 1. The van der Waals surface area contributed by atoms with Gasteiger partial charge in [-0.3, -0.25) is 4.90 Å². The molecule has 0 saturated carbocycles. The summed E-state index contributed by atoms with van der Waals surface area (Å²) < 4.78 is 6.63. The van der Waals surface area contributed by atoms with Crippen molar-refractivity contribution in [2.75, 3.05) is 6.54 Å². The van der Waals surface area contributed by atoms with Crippen LogP contribution in [0.1, 0.15) is 17.2 Å². The highest BCUT2D eigenvalue weighted by atomic mass is 127. The average Bonchev–Trinajstić information content (AvgIpc) is 2.84. The van der Waals surface area contributed by atoms with E-state index in [0.717, 1.165) is 11.1 Å². The number of carbonyl (C=O) groups is 1. The minimum Gasteiger partial charge on any atom is -0.439 e. The molecule has 2 aromatic rings. The van der Waals surface area contributed by atoms with E-state index in [4.69, 9.17) is 4.74 Å². The molecule has 1 atom stereocenters. The number of cyclic esters (lactones) is 1. The van der Waals surface area contributed by atoms with Crippen molar-refractivity contribution < 1.29 is 9.53 Å². The van der Waals surface area contributed by atoms with Crippen LogP contribution in [-0.4, -0.2) is 17.5 Å². The summed E-state index contributed by atoms with van der Waals surface area (Å²) in [7, 11) is 0. The fraction of sp³-hybridized carbons (Fsp3) is 0.188. The molecule has 3 nitrogen and oxygen atoms in total. The van der Waals surface area contributed by atoms with Gasteiger partial charge in [0.1, 0.15) is 6.10 Å². The van der Waals surface area contributed by atoms with Crippen molar-refractivity contribution >= 4 is 28.7 Å². The molecular weight excluding hydrogens is 365 g/mol.